The Bertz CT molecular complexity index is 655. The van der Waals surface area contributed by atoms with Crippen molar-refractivity contribution in [3.63, 3.8) is 0 Å². The Morgan fingerprint density at radius 2 is 1.62 bits per heavy atom. The van der Waals surface area contributed by atoms with Gasteiger partial charge in [-0.2, -0.15) is 0 Å². The van der Waals surface area contributed by atoms with Crippen LogP contribution in [0.3, 0.4) is 0 Å². The van der Waals surface area contributed by atoms with Crippen molar-refractivity contribution in [2.45, 2.75) is 33.6 Å². The van der Waals surface area contributed by atoms with Gasteiger partial charge in [-0.25, -0.2) is 4.79 Å². The average molecular weight is 332 g/mol. The summed E-state index contributed by atoms with van der Waals surface area (Å²) in [5.41, 5.74) is -0.0683. The first kappa shape index (κ1) is 17.7. The van der Waals surface area contributed by atoms with Gasteiger partial charge in [-0.05, 0) is 18.6 Å². The van der Waals surface area contributed by atoms with Crippen LogP contribution in [0.25, 0.3) is 0 Å². The van der Waals surface area contributed by atoms with Gasteiger partial charge in [0.05, 0.1) is 11.1 Å². The van der Waals surface area contributed by atoms with E-state index in [1.54, 1.807) is 32.9 Å². The van der Waals surface area contributed by atoms with Gasteiger partial charge >= 0.3 is 5.97 Å². The normalized spacial score (nSPS) is 13.7. The molecule has 1 aliphatic rings. The minimum atomic E-state index is -0.700. The zero-order chi connectivity index (χ0) is 17.9. The molecule has 1 aromatic carbocycles. The molecule has 0 aliphatic carbocycles. The highest BCUT2D eigenvalue weighted by Crippen LogP contribution is 2.22. The molecule has 24 heavy (non-hydrogen) atoms. The lowest BCUT2D eigenvalue weighted by molar-refractivity contribution is -0.168. The number of benzene rings is 1. The van der Waals surface area contributed by atoms with Crippen molar-refractivity contribution >= 4 is 23.7 Å². The van der Waals surface area contributed by atoms with Gasteiger partial charge < -0.3 is 10.2 Å². The standard InChI is InChI=1S/C17H20N2O5/c1-17(2,3)16(23)18-10-6-9-13(20)24-19-14(21)11-7-4-5-8-12(11)15(19)22/h4-5,7-8H,6,9-10H2,1-3H3,(H,18,23). The molecule has 2 rings (SSSR count). The van der Waals surface area contributed by atoms with E-state index in [-0.39, 0.29) is 23.5 Å². The monoisotopic (exact) mass is 332 g/mol. The second-order valence-electron chi connectivity index (χ2n) is 6.52. The van der Waals surface area contributed by atoms with Crippen molar-refractivity contribution in [3.05, 3.63) is 35.4 Å². The minimum Gasteiger partial charge on any atom is -0.356 e. The third-order valence-corrected chi connectivity index (χ3v) is 3.47. The molecular formula is C17H20N2O5. The summed E-state index contributed by atoms with van der Waals surface area (Å²) >= 11 is 0. The Morgan fingerprint density at radius 1 is 1.08 bits per heavy atom. The van der Waals surface area contributed by atoms with Crippen LogP contribution in [0.15, 0.2) is 24.3 Å². The Labute approximate surface area is 139 Å². The van der Waals surface area contributed by atoms with Crippen molar-refractivity contribution in [1.82, 2.24) is 10.4 Å². The van der Waals surface area contributed by atoms with E-state index in [1.807, 2.05) is 0 Å². The molecule has 0 saturated carbocycles. The summed E-state index contributed by atoms with van der Waals surface area (Å²) in [6.07, 6.45) is 0.335. The van der Waals surface area contributed by atoms with Gasteiger partial charge in [-0.15, -0.1) is 0 Å². The van der Waals surface area contributed by atoms with Crippen LogP contribution in [-0.4, -0.2) is 35.3 Å². The fourth-order valence-electron chi connectivity index (χ4n) is 2.10. The second kappa shape index (κ2) is 6.82. The number of hydrogen-bond donors (Lipinski definition) is 1. The van der Waals surface area contributed by atoms with Crippen LogP contribution < -0.4 is 5.32 Å². The molecule has 1 heterocycles. The fourth-order valence-corrected chi connectivity index (χ4v) is 2.10. The van der Waals surface area contributed by atoms with E-state index < -0.39 is 23.2 Å². The summed E-state index contributed by atoms with van der Waals surface area (Å²) in [7, 11) is 0. The molecule has 0 spiro atoms. The minimum absolute atomic E-state index is 0.0160. The maximum absolute atomic E-state index is 12.0. The number of carbonyl (C=O) groups is 4. The number of nitrogens with one attached hydrogen (secondary N) is 1. The van der Waals surface area contributed by atoms with E-state index in [4.69, 9.17) is 4.84 Å². The number of carbonyl (C=O) groups excluding carboxylic acids is 4. The molecule has 0 unspecified atom stereocenters. The van der Waals surface area contributed by atoms with E-state index in [0.717, 1.165) is 0 Å². The van der Waals surface area contributed by atoms with Gasteiger partial charge in [-0.1, -0.05) is 38.0 Å². The van der Waals surface area contributed by atoms with Crippen LogP contribution >= 0.6 is 0 Å². The molecule has 0 atom stereocenters. The Hall–Kier alpha value is -2.70. The van der Waals surface area contributed by atoms with Crippen molar-refractivity contribution in [1.29, 1.82) is 0 Å². The summed E-state index contributed by atoms with van der Waals surface area (Å²) in [4.78, 5) is 52.4. The van der Waals surface area contributed by atoms with Gasteiger partial charge in [0.15, 0.2) is 0 Å². The van der Waals surface area contributed by atoms with Crippen LogP contribution in [0.4, 0.5) is 0 Å². The molecule has 3 amide bonds. The van der Waals surface area contributed by atoms with Gasteiger partial charge in [0, 0.05) is 18.4 Å². The molecule has 0 aromatic heterocycles. The van der Waals surface area contributed by atoms with Gasteiger partial charge in [0.25, 0.3) is 11.8 Å². The number of fused-ring (bicyclic) bond motifs is 1. The second-order valence-corrected chi connectivity index (χ2v) is 6.52. The van der Waals surface area contributed by atoms with E-state index in [0.29, 0.717) is 18.0 Å². The lowest BCUT2D eigenvalue weighted by Crippen LogP contribution is -2.36. The molecular weight excluding hydrogens is 312 g/mol. The molecule has 0 saturated heterocycles. The van der Waals surface area contributed by atoms with E-state index in [1.165, 1.54) is 12.1 Å². The molecule has 128 valence electrons. The summed E-state index contributed by atoms with van der Waals surface area (Å²) < 4.78 is 0. The third-order valence-electron chi connectivity index (χ3n) is 3.47. The molecule has 0 fully saturated rings. The summed E-state index contributed by atoms with van der Waals surface area (Å²) in [5.74, 6) is -2.11. The summed E-state index contributed by atoms with van der Waals surface area (Å²) in [6, 6.07) is 6.28. The molecule has 1 aromatic rings. The van der Waals surface area contributed by atoms with Gasteiger partial charge in [0.2, 0.25) is 5.91 Å². The first-order valence-electron chi connectivity index (χ1n) is 7.68. The Balaban J connectivity index is 1.81. The Kier molecular flexibility index (Phi) is 5.02. The molecule has 1 aliphatic heterocycles. The number of imide groups is 1. The van der Waals surface area contributed by atoms with Crippen LogP contribution in [0, 0.1) is 5.41 Å². The summed E-state index contributed by atoms with van der Waals surface area (Å²) in [6.45, 7) is 5.68. The maximum Gasteiger partial charge on any atom is 0.333 e. The van der Waals surface area contributed by atoms with E-state index >= 15 is 0 Å². The van der Waals surface area contributed by atoms with E-state index in [2.05, 4.69) is 5.32 Å². The number of amides is 3. The Morgan fingerprint density at radius 3 is 2.12 bits per heavy atom. The number of rotatable bonds is 5. The van der Waals surface area contributed by atoms with Crippen molar-refractivity contribution < 1.29 is 24.0 Å². The van der Waals surface area contributed by atoms with Crippen molar-refractivity contribution in [3.8, 4) is 0 Å². The van der Waals surface area contributed by atoms with Crippen LogP contribution in [0.2, 0.25) is 0 Å². The quantitative estimate of drug-likeness (QED) is 0.654. The molecule has 0 radical (unpaired) electrons. The topological polar surface area (TPSA) is 92.8 Å². The number of nitrogens with zero attached hydrogens (tertiary/aromatic N) is 1. The van der Waals surface area contributed by atoms with Crippen LogP contribution in [0.1, 0.15) is 54.3 Å². The zero-order valence-corrected chi connectivity index (χ0v) is 13.9. The SMILES string of the molecule is CC(C)(C)C(=O)NCCCC(=O)ON1C(=O)c2ccccc2C1=O. The average Bonchev–Trinajstić information content (AvgIpc) is 2.76. The molecule has 0 bridgehead atoms. The smallest absolute Gasteiger partial charge is 0.333 e. The predicted molar refractivity (Wildman–Crippen MR) is 84.7 cm³/mol. The highest BCUT2D eigenvalue weighted by Gasteiger charge is 2.38. The fraction of sp³-hybridized carbons (Fsp3) is 0.412. The molecule has 7 heteroatoms. The predicted octanol–water partition coefficient (Wildman–Crippen LogP) is 1.68. The van der Waals surface area contributed by atoms with Crippen LogP contribution in [0.5, 0.6) is 0 Å². The maximum atomic E-state index is 12.0. The van der Waals surface area contributed by atoms with Crippen LogP contribution in [-0.2, 0) is 14.4 Å². The van der Waals surface area contributed by atoms with Crippen molar-refractivity contribution in [2.24, 2.45) is 5.41 Å². The lowest BCUT2D eigenvalue weighted by Gasteiger charge is -2.17. The number of hydrogen-bond acceptors (Lipinski definition) is 5. The third kappa shape index (κ3) is 3.79. The first-order valence-corrected chi connectivity index (χ1v) is 7.68. The van der Waals surface area contributed by atoms with Crippen molar-refractivity contribution in [2.75, 3.05) is 6.54 Å². The van der Waals surface area contributed by atoms with Gasteiger partial charge in [0.1, 0.15) is 0 Å². The van der Waals surface area contributed by atoms with Gasteiger partial charge in [-0.3, -0.25) is 14.4 Å². The molecule has 1 N–H and O–H groups in total. The highest BCUT2D eigenvalue weighted by atomic mass is 16.7. The highest BCUT2D eigenvalue weighted by molar-refractivity contribution is 6.20. The number of hydroxylamine groups is 2. The largest absolute Gasteiger partial charge is 0.356 e. The van der Waals surface area contributed by atoms with E-state index in [9.17, 15) is 19.2 Å². The lowest BCUT2D eigenvalue weighted by atomic mass is 9.96. The first-order chi connectivity index (χ1) is 11.2. The zero-order valence-electron chi connectivity index (χ0n) is 13.9. The summed E-state index contributed by atoms with van der Waals surface area (Å²) in [5, 5.41) is 3.20. The molecule has 7 nitrogen and oxygen atoms in total.